The molecule has 57 heavy (non-hydrogen) atoms. The molecule has 2 aliphatic carbocycles. The molecular formula is C43H49FN8O5. The first-order valence-electron chi connectivity index (χ1n) is 20.7. The van der Waals surface area contributed by atoms with Crippen molar-refractivity contribution in [1.82, 2.24) is 30.4 Å². The Balaban J connectivity index is 0.688. The molecule has 6 aliphatic rings. The summed E-state index contributed by atoms with van der Waals surface area (Å²) in [7, 11) is 0. The molecule has 2 aromatic carbocycles. The monoisotopic (exact) mass is 776 g/mol. The van der Waals surface area contributed by atoms with Crippen molar-refractivity contribution in [2.75, 3.05) is 42.6 Å². The number of fused-ring (bicyclic) bond motifs is 2. The lowest BCUT2D eigenvalue weighted by molar-refractivity contribution is -0.136. The number of nitrogens with zero attached hydrogens (tertiary/aromatic N) is 6. The second kappa shape index (κ2) is 14.4. The molecule has 14 heteroatoms. The van der Waals surface area contributed by atoms with Crippen molar-refractivity contribution in [2.24, 2.45) is 17.3 Å². The highest BCUT2D eigenvalue weighted by atomic mass is 19.1. The second-order valence-corrected chi connectivity index (χ2v) is 17.3. The molecule has 10 rings (SSSR count). The number of aromatic amines is 1. The van der Waals surface area contributed by atoms with E-state index >= 15 is 4.39 Å². The number of benzene rings is 2. The first-order chi connectivity index (χ1) is 27.7. The molecule has 4 aromatic rings. The van der Waals surface area contributed by atoms with Gasteiger partial charge >= 0.3 is 0 Å². The molecule has 5 fully saturated rings. The Labute approximate surface area is 330 Å². The van der Waals surface area contributed by atoms with Crippen LogP contribution in [-0.2, 0) is 20.9 Å². The Bertz CT molecular complexity index is 2220. The third-order valence-corrected chi connectivity index (χ3v) is 13.6. The third kappa shape index (κ3) is 6.89. The van der Waals surface area contributed by atoms with Crippen molar-refractivity contribution in [3.63, 3.8) is 0 Å². The fourth-order valence-corrected chi connectivity index (χ4v) is 9.85. The highest BCUT2D eigenvalue weighted by molar-refractivity contribution is 6.05. The van der Waals surface area contributed by atoms with Gasteiger partial charge < -0.3 is 24.2 Å². The van der Waals surface area contributed by atoms with Crippen LogP contribution in [0.3, 0.4) is 0 Å². The van der Waals surface area contributed by atoms with E-state index in [2.05, 4.69) is 48.3 Å². The molecule has 2 aromatic heterocycles. The van der Waals surface area contributed by atoms with Gasteiger partial charge in [0.05, 0.1) is 35.7 Å². The number of hydrogen-bond donors (Lipinski definition) is 2. The average molecular weight is 777 g/mol. The minimum atomic E-state index is -0.758. The van der Waals surface area contributed by atoms with E-state index < -0.39 is 11.9 Å². The standard InChI is InChI=1S/C43H49FN8O5/c1-25(27-2-3-27)57-29-4-6-33-31(18-29)40(49-48-33)34-19-37(46-24-45-34)50-16-12-26(13-17-50)21-56-28-10-14-43(15-11-28)22-51(23-43)35-7-5-30-32(39(35)44)20-52(42(30)55)36-8-9-38(53)47-41(36)54/h4-7,18-19,24-28,36H,2-3,8-17,20-23H2,1H3,(H,48,49)(H,47,53,54). The molecule has 2 atom stereocenters. The van der Waals surface area contributed by atoms with Crippen LogP contribution in [0.15, 0.2) is 42.7 Å². The summed E-state index contributed by atoms with van der Waals surface area (Å²) in [5, 5.41) is 11.1. The van der Waals surface area contributed by atoms with E-state index in [0.717, 1.165) is 105 Å². The molecule has 2 N–H and O–H groups in total. The van der Waals surface area contributed by atoms with Crippen LogP contribution >= 0.6 is 0 Å². The van der Waals surface area contributed by atoms with Crippen LogP contribution < -0.4 is 19.9 Å². The molecule has 0 radical (unpaired) electrons. The zero-order chi connectivity index (χ0) is 38.8. The summed E-state index contributed by atoms with van der Waals surface area (Å²) < 4.78 is 28.7. The lowest BCUT2D eigenvalue weighted by Gasteiger charge is -2.54. The summed E-state index contributed by atoms with van der Waals surface area (Å²) in [6.45, 7) is 6.35. The normalized spacial score (nSPS) is 23.2. The van der Waals surface area contributed by atoms with Gasteiger partial charge in [0.25, 0.3) is 5.91 Å². The number of carbonyl (C=O) groups excluding carboxylic acids is 3. The summed E-state index contributed by atoms with van der Waals surface area (Å²) in [4.78, 5) is 52.2. The largest absolute Gasteiger partial charge is 0.490 e. The van der Waals surface area contributed by atoms with Gasteiger partial charge in [-0.1, -0.05) is 0 Å². The van der Waals surface area contributed by atoms with Gasteiger partial charge in [-0.15, -0.1) is 0 Å². The number of aromatic nitrogens is 4. The van der Waals surface area contributed by atoms with Gasteiger partial charge in [-0.3, -0.25) is 24.8 Å². The maximum absolute atomic E-state index is 15.9. The van der Waals surface area contributed by atoms with Gasteiger partial charge in [0, 0.05) is 67.2 Å². The Morgan fingerprint density at radius 2 is 1.75 bits per heavy atom. The van der Waals surface area contributed by atoms with Crippen molar-refractivity contribution in [3.8, 4) is 17.1 Å². The van der Waals surface area contributed by atoms with Crippen molar-refractivity contribution >= 4 is 40.1 Å². The fraction of sp³-hybridized carbons (Fsp3) is 0.535. The zero-order valence-electron chi connectivity index (χ0n) is 32.3. The summed E-state index contributed by atoms with van der Waals surface area (Å²) in [6.07, 6.45) is 11.2. The number of nitrogens with one attached hydrogen (secondary N) is 2. The number of carbonyl (C=O) groups is 3. The van der Waals surface area contributed by atoms with Gasteiger partial charge in [0.15, 0.2) is 5.82 Å². The topological polar surface area (TPSA) is 146 Å². The number of ether oxygens (including phenoxy) is 2. The van der Waals surface area contributed by atoms with E-state index in [1.165, 1.54) is 17.7 Å². The number of imide groups is 1. The van der Waals surface area contributed by atoms with Crippen molar-refractivity contribution < 1.29 is 28.2 Å². The first kappa shape index (κ1) is 36.2. The fourth-order valence-electron chi connectivity index (χ4n) is 9.85. The maximum Gasteiger partial charge on any atom is 0.255 e. The Kier molecular flexibility index (Phi) is 9.14. The van der Waals surface area contributed by atoms with Crippen LogP contribution in [0.2, 0.25) is 0 Å². The number of hydrogen-bond acceptors (Lipinski definition) is 10. The molecule has 2 saturated carbocycles. The van der Waals surface area contributed by atoms with Crippen LogP contribution in [0.4, 0.5) is 15.9 Å². The van der Waals surface area contributed by atoms with Crippen molar-refractivity contribution in [1.29, 1.82) is 0 Å². The Morgan fingerprint density at radius 3 is 2.53 bits per heavy atom. The number of piperidine rings is 2. The van der Waals surface area contributed by atoms with Gasteiger partial charge in [-0.25, -0.2) is 14.4 Å². The molecule has 3 amide bonds. The predicted octanol–water partition coefficient (Wildman–Crippen LogP) is 5.78. The molecule has 0 bridgehead atoms. The van der Waals surface area contributed by atoms with Gasteiger partial charge in [-0.2, -0.15) is 5.10 Å². The van der Waals surface area contributed by atoms with Crippen LogP contribution in [0.5, 0.6) is 5.75 Å². The molecule has 2 unspecified atom stereocenters. The van der Waals surface area contributed by atoms with Gasteiger partial charge in [-0.05, 0) is 107 Å². The average Bonchev–Trinajstić information content (AvgIpc) is 3.90. The highest BCUT2D eigenvalue weighted by Crippen LogP contribution is 2.48. The number of anilines is 2. The molecule has 4 aliphatic heterocycles. The minimum absolute atomic E-state index is 0.0408. The van der Waals surface area contributed by atoms with Gasteiger partial charge in [0.2, 0.25) is 11.8 Å². The van der Waals surface area contributed by atoms with Gasteiger partial charge in [0.1, 0.15) is 29.6 Å². The highest BCUT2D eigenvalue weighted by Gasteiger charge is 2.47. The number of rotatable bonds is 10. The first-order valence-corrected chi connectivity index (χ1v) is 20.7. The quantitative estimate of drug-likeness (QED) is 0.190. The van der Waals surface area contributed by atoms with Crippen LogP contribution in [0.25, 0.3) is 22.3 Å². The lowest BCUT2D eigenvalue weighted by Crippen LogP contribution is -2.58. The predicted molar refractivity (Wildman–Crippen MR) is 210 cm³/mol. The summed E-state index contributed by atoms with van der Waals surface area (Å²) in [5.74, 6) is 1.37. The summed E-state index contributed by atoms with van der Waals surface area (Å²) >= 11 is 0. The van der Waals surface area contributed by atoms with Crippen LogP contribution in [0, 0.1) is 23.1 Å². The SMILES string of the molecule is CC(Oc1ccc2[nH]nc(-c3cc(N4CCC(COC5CCC6(CC5)CN(c5ccc7c(c5F)CN(C5CCC(=O)NC5=O)C7=O)C6)CC4)ncn3)c2c1)C1CC1. The Hall–Kier alpha value is -5.11. The lowest BCUT2D eigenvalue weighted by atomic mass is 9.67. The van der Waals surface area contributed by atoms with E-state index in [-0.39, 0.29) is 54.6 Å². The smallest absolute Gasteiger partial charge is 0.255 e. The number of halogens is 1. The molecule has 1 spiro atoms. The van der Waals surface area contributed by atoms with E-state index in [1.807, 2.05) is 18.2 Å². The molecule has 3 saturated heterocycles. The summed E-state index contributed by atoms with van der Waals surface area (Å²) in [6, 6.07) is 10.8. The second-order valence-electron chi connectivity index (χ2n) is 17.3. The number of H-pyrrole nitrogens is 1. The molecular weight excluding hydrogens is 728 g/mol. The molecule has 13 nitrogen and oxygen atoms in total. The third-order valence-electron chi connectivity index (χ3n) is 13.6. The number of amides is 3. The maximum atomic E-state index is 15.9. The van der Waals surface area contributed by atoms with E-state index in [4.69, 9.17) is 9.47 Å². The Morgan fingerprint density at radius 1 is 0.947 bits per heavy atom. The summed E-state index contributed by atoms with van der Waals surface area (Å²) in [5.41, 5.74) is 3.88. The van der Waals surface area contributed by atoms with Crippen LogP contribution in [-0.4, -0.2) is 93.8 Å². The van der Waals surface area contributed by atoms with Crippen molar-refractivity contribution in [3.05, 3.63) is 59.7 Å². The van der Waals surface area contributed by atoms with Crippen molar-refractivity contribution in [2.45, 2.75) is 95.9 Å². The minimum Gasteiger partial charge on any atom is -0.490 e. The van der Waals surface area contributed by atoms with Crippen LogP contribution in [0.1, 0.15) is 87.1 Å². The molecule has 6 heterocycles. The van der Waals surface area contributed by atoms with E-state index in [1.54, 1.807) is 18.5 Å². The zero-order valence-corrected chi connectivity index (χ0v) is 32.3. The van der Waals surface area contributed by atoms with E-state index in [9.17, 15) is 14.4 Å². The van der Waals surface area contributed by atoms with E-state index in [0.29, 0.717) is 28.7 Å². The molecule has 298 valence electrons.